The standard InChI is InChI=1S/C14H12FN5O3/c1-23-9-6-10(15)14(20(21)22)11(7-9)16-8-13-18-17-12-4-2-3-5-19(12)13/h2-7,16H,8H2,1H3. The van der Waals surface area contributed by atoms with Gasteiger partial charge in [-0.15, -0.1) is 10.2 Å². The first kappa shape index (κ1) is 14.7. The van der Waals surface area contributed by atoms with Crippen LogP contribution in [0.25, 0.3) is 5.65 Å². The lowest BCUT2D eigenvalue weighted by molar-refractivity contribution is -0.386. The molecule has 1 N–H and O–H groups in total. The number of hydrogen-bond acceptors (Lipinski definition) is 6. The van der Waals surface area contributed by atoms with Crippen LogP contribution in [-0.4, -0.2) is 26.6 Å². The second kappa shape index (κ2) is 5.87. The van der Waals surface area contributed by atoms with Gasteiger partial charge in [-0.05, 0) is 12.1 Å². The number of aromatic nitrogens is 3. The van der Waals surface area contributed by atoms with Gasteiger partial charge in [0.05, 0.1) is 18.6 Å². The summed E-state index contributed by atoms with van der Waals surface area (Å²) in [5.41, 5.74) is 0.0229. The quantitative estimate of drug-likeness (QED) is 0.573. The van der Waals surface area contributed by atoms with Gasteiger partial charge < -0.3 is 10.1 Å². The number of hydrogen-bond donors (Lipinski definition) is 1. The molecule has 3 rings (SSSR count). The number of fused-ring (bicyclic) bond motifs is 1. The van der Waals surface area contributed by atoms with E-state index in [-0.39, 0.29) is 18.0 Å². The summed E-state index contributed by atoms with van der Waals surface area (Å²) in [6, 6.07) is 7.75. The summed E-state index contributed by atoms with van der Waals surface area (Å²) in [6.07, 6.45) is 1.77. The Kier molecular flexibility index (Phi) is 3.75. The highest BCUT2D eigenvalue weighted by Gasteiger charge is 2.22. The van der Waals surface area contributed by atoms with Crippen LogP contribution in [0, 0.1) is 15.9 Å². The third kappa shape index (κ3) is 2.76. The second-order valence-corrected chi connectivity index (χ2v) is 4.66. The number of ether oxygens (including phenoxy) is 1. The maximum atomic E-state index is 13.9. The molecule has 0 atom stereocenters. The summed E-state index contributed by atoms with van der Waals surface area (Å²) in [5.74, 6) is -0.247. The predicted molar refractivity (Wildman–Crippen MR) is 79.9 cm³/mol. The lowest BCUT2D eigenvalue weighted by atomic mass is 10.2. The van der Waals surface area contributed by atoms with Gasteiger partial charge in [0, 0.05) is 18.3 Å². The Morgan fingerprint density at radius 1 is 1.39 bits per heavy atom. The van der Waals surface area contributed by atoms with E-state index in [2.05, 4.69) is 15.5 Å². The SMILES string of the molecule is COc1cc(F)c([N+](=O)[O-])c(NCc2nnc3ccccn23)c1. The van der Waals surface area contributed by atoms with Gasteiger partial charge in [0.25, 0.3) is 0 Å². The largest absolute Gasteiger partial charge is 0.497 e. The molecule has 0 saturated heterocycles. The second-order valence-electron chi connectivity index (χ2n) is 4.66. The van der Waals surface area contributed by atoms with E-state index in [0.717, 1.165) is 6.07 Å². The average molecular weight is 317 g/mol. The monoisotopic (exact) mass is 317 g/mol. The van der Waals surface area contributed by atoms with Crippen molar-refractivity contribution in [3.05, 3.63) is 58.3 Å². The first-order valence-electron chi connectivity index (χ1n) is 6.64. The Labute approximate surface area is 129 Å². The number of nitrogens with zero attached hydrogens (tertiary/aromatic N) is 4. The molecule has 0 aliphatic rings. The molecule has 0 amide bonds. The first-order chi connectivity index (χ1) is 11.1. The Bertz CT molecular complexity index is 880. The number of nitro groups is 1. The fourth-order valence-corrected chi connectivity index (χ4v) is 2.20. The van der Waals surface area contributed by atoms with Crippen LogP contribution < -0.4 is 10.1 Å². The highest BCUT2D eigenvalue weighted by molar-refractivity contribution is 5.65. The molecule has 0 spiro atoms. The van der Waals surface area contributed by atoms with E-state index < -0.39 is 16.4 Å². The van der Waals surface area contributed by atoms with Gasteiger partial charge in [0.1, 0.15) is 11.4 Å². The Hall–Kier alpha value is -3.23. The summed E-state index contributed by atoms with van der Waals surface area (Å²) in [4.78, 5) is 10.3. The van der Waals surface area contributed by atoms with Crippen molar-refractivity contribution in [3.63, 3.8) is 0 Å². The van der Waals surface area contributed by atoms with Gasteiger partial charge in [-0.2, -0.15) is 4.39 Å². The van der Waals surface area contributed by atoms with Gasteiger partial charge >= 0.3 is 5.69 Å². The number of rotatable bonds is 5. The van der Waals surface area contributed by atoms with Gasteiger partial charge in [-0.25, -0.2) is 0 Å². The van der Waals surface area contributed by atoms with E-state index in [4.69, 9.17) is 4.74 Å². The molecule has 2 aromatic heterocycles. The summed E-state index contributed by atoms with van der Waals surface area (Å²) >= 11 is 0. The highest BCUT2D eigenvalue weighted by atomic mass is 19.1. The van der Waals surface area contributed by atoms with Gasteiger partial charge in [0.2, 0.25) is 5.82 Å². The summed E-state index contributed by atoms with van der Waals surface area (Å²) in [7, 11) is 1.36. The zero-order valence-corrected chi connectivity index (χ0v) is 12.1. The van der Waals surface area contributed by atoms with Crippen molar-refractivity contribution in [1.82, 2.24) is 14.6 Å². The minimum Gasteiger partial charge on any atom is -0.497 e. The van der Waals surface area contributed by atoms with Gasteiger partial charge in [-0.1, -0.05) is 6.07 Å². The molecular weight excluding hydrogens is 305 g/mol. The Balaban J connectivity index is 1.93. The van der Waals surface area contributed by atoms with Gasteiger partial charge in [0.15, 0.2) is 11.5 Å². The fraction of sp³-hybridized carbons (Fsp3) is 0.143. The molecule has 0 bridgehead atoms. The third-order valence-electron chi connectivity index (χ3n) is 3.28. The first-order valence-corrected chi connectivity index (χ1v) is 6.64. The summed E-state index contributed by atoms with van der Waals surface area (Å²) in [5, 5.41) is 21.9. The number of pyridine rings is 1. The normalized spacial score (nSPS) is 10.7. The van der Waals surface area contributed by atoms with Crippen molar-refractivity contribution in [2.45, 2.75) is 6.54 Å². The average Bonchev–Trinajstić information content (AvgIpc) is 2.95. The Morgan fingerprint density at radius 2 is 2.22 bits per heavy atom. The molecule has 0 unspecified atom stereocenters. The molecule has 8 nitrogen and oxygen atoms in total. The Morgan fingerprint density at radius 3 is 2.96 bits per heavy atom. The molecule has 0 aliphatic heterocycles. The third-order valence-corrected chi connectivity index (χ3v) is 3.28. The number of nitro benzene ring substituents is 1. The highest BCUT2D eigenvalue weighted by Crippen LogP contribution is 2.32. The van der Waals surface area contributed by atoms with Crippen LogP contribution in [0.4, 0.5) is 15.8 Å². The topological polar surface area (TPSA) is 94.6 Å². The van der Waals surface area contributed by atoms with E-state index in [1.165, 1.54) is 13.2 Å². The molecule has 9 heteroatoms. The fourth-order valence-electron chi connectivity index (χ4n) is 2.20. The van der Waals surface area contributed by atoms with Gasteiger partial charge in [-0.3, -0.25) is 14.5 Å². The molecule has 3 aromatic rings. The van der Waals surface area contributed by atoms with E-state index in [9.17, 15) is 14.5 Å². The lowest BCUT2D eigenvalue weighted by Gasteiger charge is -2.09. The minimum atomic E-state index is -0.969. The zero-order chi connectivity index (χ0) is 16.4. The summed E-state index contributed by atoms with van der Waals surface area (Å²) < 4.78 is 20.5. The van der Waals surface area contributed by atoms with Crippen LogP contribution in [0.3, 0.4) is 0 Å². The van der Waals surface area contributed by atoms with Crippen LogP contribution in [0.1, 0.15) is 5.82 Å². The van der Waals surface area contributed by atoms with Crippen molar-refractivity contribution in [2.75, 3.05) is 12.4 Å². The van der Waals surface area contributed by atoms with E-state index in [1.807, 2.05) is 12.1 Å². The number of methoxy groups -OCH3 is 1. The van der Waals surface area contributed by atoms with Crippen LogP contribution in [-0.2, 0) is 6.54 Å². The number of nitrogens with one attached hydrogen (secondary N) is 1. The van der Waals surface area contributed by atoms with Crippen molar-refractivity contribution >= 4 is 17.0 Å². The molecule has 0 radical (unpaired) electrons. The number of anilines is 1. The molecule has 118 valence electrons. The molecule has 0 saturated carbocycles. The molecule has 1 aromatic carbocycles. The van der Waals surface area contributed by atoms with Crippen LogP contribution in [0.5, 0.6) is 5.75 Å². The van der Waals surface area contributed by atoms with Crippen molar-refractivity contribution < 1.29 is 14.1 Å². The molecule has 23 heavy (non-hydrogen) atoms. The molecule has 0 aliphatic carbocycles. The van der Waals surface area contributed by atoms with Crippen molar-refractivity contribution in [1.29, 1.82) is 0 Å². The number of halogens is 1. The van der Waals surface area contributed by atoms with E-state index in [1.54, 1.807) is 16.7 Å². The van der Waals surface area contributed by atoms with Crippen LogP contribution in [0.15, 0.2) is 36.5 Å². The predicted octanol–water partition coefficient (Wildman–Crippen LogP) is 2.40. The lowest BCUT2D eigenvalue weighted by Crippen LogP contribution is -2.07. The smallest absolute Gasteiger partial charge is 0.327 e. The van der Waals surface area contributed by atoms with E-state index in [0.29, 0.717) is 11.5 Å². The number of benzene rings is 1. The summed E-state index contributed by atoms with van der Waals surface area (Å²) in [6.45, 7) is 0.138. The molecule has 0 fully saturated rings. The van der Waals surface area contributed by atoms with Crippen LogP contribution >= 0.6 is 0 Å². The van der Waals surface area contributed by atoms with E-state index >= 15 is 0 Å². The molecule has 2 heterocycles. The van der Waals surface area contributed by atoms with Crippen LogP contribution in [0.2, 0.25) is 0 Å². The maximum Gasteiger partial charge on any atom is 0.327 e. The maximum absolute atomic E-state index is 13.9. The molecular formula is C14H12FN5O3. The van der Waals surface area contributed by atoms with Crippen molar-refractivity contribution in [3.8, 4) is 5.75 Å². The minimum absolute atomic E-state index is 0.0135. The zero-order valence-electron chi connectivity index (χ0n) is 12.1. The van der Waals surface area contributed by atoms with Crippen molar-refractivity contribution in [2.24, 2.45) is 0 Å².